The third kappa shape index (κ3) is 2.82. The maximum Gasteiger partial charge on any atom is 0.337 e. The number of benzene rings is 1. The second-order valence-electron chi connectivity index (χ2n) is 4.91. The fourth-order valence-electron chi connectivity index (χ4n) is 2.30. The summed E-state index contributed by atoms with van der Waals surface area (Å²) in [6.07, 6.45) is 1.14. The summed E-state index contributed by atoms with van der Waals surface area (Å²) in [6.45, 7) is 4.21. The van der Waals surface area contributed by atoms with Crippen molar-refractivity contribution < 1.29 is 9.53 Å². The Bertz CT molecular complexity index is 445. The number of likely N-dealkylation sites (N-methyl/N-ethyl adjacent to an activating group) is 1. The standard InChI is InChI=1S/C14H20N2O2/c1-10-4-5-11(14(17)18-3)8-13(10)15-12-6-7-16(2)9-12/h4-5,8,12,15H,6-7,9H2,1-3H3. The second kappa shape index (κ2) is 5.40. The molecule has 1 fully saturated rings. The molecule has 2 rings (SSSR count). The van der Waals surface area contributed by atoms with Crippen LogP contribution in [0.15, 0.2) is 18.2 Å². The number of anilines is 1. The molecule has 18 heavy (non-hydrogen) atoms. The van der Waals surface area contributed by atoms with Gasteiger partial charge in [-0.25, -0.2) is 4.79 Å². The van der Waals surface area contributed by atoms with Gasteiger partial charge in [-0.1, -0.05) is 6.07 Å². The molecule has 0 spiro atoms. The first-order valence-electron chi connectivity index (χ1n) is 6.24. The van der Waals surface area contributed by atoms with Gasteiger partial charge in [0, 0.05) is 18.3 Å². The Morgan fingerprint density at radius 2 is 2.28 bits per heavy atom. The normalized spacial score (nSPS) is 19.8. The van der Waals surface area contributed by atoms with E-state index < -0.39 is 0 Å². The van der Waals surface area contributed by atoms with Crippen molar-refractivity contribution in [2.45, 2.75) is 19.4 Å². The van der Waals surface area contributed by atoms with Crippen LogP contribution in [0.5, 0.6) is 0 Å². The highest BCUT2D eigenvalue weighted by molar-refractivity contribution is 5.90. The molecule has 1 aromatic carbocycles. The number of esters is 1. The van der Waals surface area contributed by atoms with Crippen molar-refractivity contribution in [1.82, 2.24) is 4.90 Å². The lowest BCUT2D eigenvalue weighted by Crippen LogP contribution is -2.24. The van der Waals surface area contributed by atoms with Gasteiger partial charge in [-0.2, -0.15) is 0 Å². The summed E-state index contributed by atoms with van der Waals surface area (Å²) in [4.78, 5) is 13.8. The van der Waals surface area contributed by atoms with Gasteiger partial charge in [0.1, 0.15) is 0 Å². The SMILES string of the molecule is COC(=O)c1ccc(C)c(NC2CCN(C)C2)c1. The van der Waals surface area contributed by atoms with E-state index in [2.05, 4.69) is 17.3 Å². The quantitative estimate of drug-likeness (QED) is 0.830. The number of nitrogens with zero attached hydrogens (tertiary/aromatic N) is 1. The van der Waals surface area contributed by atoms with Crippen molar-refractivity contribution >= 4 is 11.7 Å². The van der Waals surface area contributed by atoms with Crippen LogP contribution < -0.4 is 5.32 Å². The highest BCUT2D eigenvalue weighted by Crippen LogP contribution is 2.21. The number of hydrogen-bond acceptors (Lipinski definition) is 4. The number of nitrogens with one attached hydrogen (secondary N) is 1. The molecule has 1 heterocycles. The molecule has 1 N–H and O–H groups in total. The Kier molecular flexibility index (Phi) is 3.87. The molecule has 0 amide bonds. The molecule has 0 aliphatic carbocycles. The van der Waals surface area contributed by atoms with Crippen LogP contribution in [0.3, 0.4) is 0 Å². The molecule has 1 atom stereocenters. The molecule has 0 radical (unpaired) electrons. The number of carbonyl (C=O) groups is 1. The van der Waals surface area contributed by atoms with Gasteiger partial charge in [-0.3, -0.25) is 0 Å². The van der Waals surface area contributed by atoms with Gasteiger partial charge in [-0.15, -0.1) is 0 Å². The molecule has 1 aliphatic rings. The minimum absolute atomic E-state index is 0.290. The number of ether oxygens (including phenoxy) is 1. The van der Waals surface area contributed by atoms with Gasteiger partial charge in [0.25, 0.3) is 0 Å². The van der Waals surface area contributed by atoms with Gasteiger partial charge >= 0.3 is 5.97 Å². The van der Waals surface area contributed by atoms with Crippen LogP contribution in [0.2, 0.25) is 0 Å². The van der Waals surface area contributed by atoms with Crippen LogP contribution in [0.25, 0.3) is 0 Å². The number of aryl methyl sites for hydroxylation is 1. The lowest BCUT2D eigenvalue weighted by Gasteiger charge is -2.17. The maximum absolute atomic E-state index is 11.5. The molecule has 0 bridgehead atoms. The van der Waals surface area contributed by atoms with Crippen molar-refractivity contribution in [3.8, 4) is 0 Å². The molecule has 4 heteroatoms. The molecule has 98 valence electrons. The van der Waals surface area contributed by atoms with E-state index >= 15 is 0 Å². The number of hydrogen-bond donors (Lipinski definition) is 1. The second-order valence-corrected chi connectivity index (χ2v) is 4.91. The van der Waals surface area contributed by atoms with Crippen LogP contribution >= 0.6 is 0 Å². The van der Waals surface area contributed by atoms with E-state index in [0.717, 1.165) is 30.8 Å². The predicted octanol–water partition coefficient (Wildman–Crippen LogP) is 1.90. The van der Waals surface area contributed by atoms with Crippen molar-refractivity contribution in [2.75, 3.05) is 32.6 Å². The number of likely N-dealkylation sites (tertiary alicyclic amines) is 1. The fraction of sp³-hybridized carbons (Fsp3) is 0.500. The molecule has 1 unspecified atom stereocenters. The Hall–Kier alpha value is -1.55. The van der Waals surface area contributed by atoms with Gasteiger partial charge in [-0.05, 0) is 44.6 Å². The first kappa shape index (κ1) is 12.9. The molecule has 1 saturated heterocycles. The van der Waals surface area contributed by atoms with Gasteiger partial charge in [0.05, 0.1) is 12.7 Å². The highest BCUT2D eigenvalue weighted by atomic mass is 16.5. The third-order valence-corrected chi connectivity index (χ3v) is 3.41. The summed E-state index contributed by atoms with van der Waals surface area (Å²) in [7, 11) is 3.53. The van der Waals surface area contributed by atoms with E-state index in [9.17, 15) is 4.79 Å². The Morgan fingerprint density at radius 1 is 1.50 bits per heavy atom. The Labute approximate surface area is 108 Å². The fourth-order valence-corrected chi connectivity index (χ4v) is 2.30. The molecule has 0 aromatic heterocycles. The lowest BCUT2D eigenvalue weighted by atomic mass is 10.1. The van der Waals surface area contributed by atoms with Crippen LogP contribution in [0, 0.1) is 6.92 Å². The zero-order chi connectivity index (χ0) is 13.1. The zero-order valence-electron chi connectivity index (χ0n) is 11.2. The largest absolute Gasteiger partial charge is 0.465 e. The van der Waals surface area contributed by atoms with Crippen LogP contribution in [-0.2, 0) is 4.74 Å². The van der Waals surface area contributed by atoms with Crippen molar-refractivity contribution in [1.29, 1.82) is 0 Å². The average molecular weight is 248 g/mol. The van der Waals surface area contributed by atoms with Crippen LogP contribution in [0.1, 0.15) is 22.3 Å². The van der Waals surface area contributed by atoms with Crippen LogP contribution in [0.4, 0.5) is 5.69 Å². The maximum atomic E-state index is 11.5. The minimum atomic E-state index is -0.290. The van der Waals surface area contributed by atoms with E-state index in [4.69, 9.17) is 4.74 Å². The van der Waals surface area contributed by atoms with E-state index in [1.54, 1.807) is 6.07 Å². The number of methoxy groups -OCH3 is 1. The molecular weight excluding hydrogens is 228 g/mol. The van der Waals surface area contributed by atoms with Gasteiger partial charge in [0.2, 0.25) is 0 Å². The average Bonchev–Trinajstić information content (AvgIpc) is 2.76. The first-order chi connectivity index (χ1) is 8.60. The highest BCUT2D eigenvalue weighted by Gasteiger charge is 2.20. The van der Waals surface area contributed by atoms with Crippen molar-refractivity contribution in [3.05, 3.63) is 29.3 Å². The lowest BCUT2D eigenvalue weighted by molar-refractivity contribution is 0.0601. The van der Waals surface area contributed by atoms with Crippen molar-refractivity contribution in [3.63, 3.8) is 0 Å². The van der Waals surface area contributed by atoms with E-state index in [1.807, 2.05) is 19.1 Å². The summed E-state index contributed by atoms with van der Waals surface area (Å²) < 4.78 is 4.74. The smallest absolute Gasteiger partial charge is 0.337 e. The number of rotatable bonds is 3. The minimum Gasteiger partial charge on any atom is -0.465 e. The monoisotopic (exact) mass is 248 g/mol. The molecular formula is C14H20N2O2. The Balaban J connectivity index is 2.13. The van der Waals surface area contributed by atoms with Crippen molar-refractivity contribution in [2.24, 2.45) is 0 Å². The summed E-state index contributed by atoms with van der Waals surface area (Å²) in [6, 6.07) is 6.08. The van der Waals surface area contributed by atoms with Gasteiger partial charge in [0.15, 0.2) is 0 Å². The first-order valence-corrected chi connectivity index (χ1v) is 6.24. The van der Waals surface area contributed by atoms with Gasteiger partial charge < -0.3 is 15.0 Å². The number of carbonyl (C=O) groups excluding carboxylic acids is 1. The topological polar surface area (TPSA) is 41.6 Å². The van der Waals surface area contributed by atoms with E-state index in [1.165, 1.54) is 7.11 Å². The summed E-state index contributed by atoms with van der Waals surface area (Å²) >= 11 is 0. The van der Waals surface area contributed by atoms with E-state index in [-0.39, 0.29) is 5.97 Å². The molecule has 0 saturated carbocycles. The zero-order valence-corrected chi connectivity index (χ0v) is 11.2. The summed E-state index contributed by atoms with van der Waals surface area (Å²) in [5.41, 5.74) is 2.77. The third-order valence-electron chi connectivity index (χ3n) is 3.41. The summed E-state index contributed by atoms with van der Waals surface area (Å²) in [5, 5.41) is 3.51. The molecule has 1 aliphatic heterocycles. The van der Waals surface area contributed by atoms with Crippen LogP contribution in [-0.4, -0.2) is 44.2 Å². The predicted molar refractivity (Wildman–Crippen MR) is 72.0 cm³/mol. The molecule has 4 nitrogen and oxygen atoms in total. The van der Waals surface area contributed by atoms with E-state index in [0.29, 0.717) is 11.6 Å². The summed E-state index contributed by atoms with van der Waals surface area (Å²) in [5.74, 6) is -0.290. The molecule has 1 aromatic rings. The Morgan fingerprint density at radius 3 is 2.89 bits per heavy atom.